The Morgan fingerprint density at radius 3 is 2.94 bits per heavy atom. The van der Waals surface area contributed by atoms with Crippen LogP contribution in [0.4, 0.5) is 11.6 Å². The van der Waals surface area contributed by atoms with Crippen LogP contribution in [0.15, 0.2) is 6.33 Å². The lowest BCUT2D eigenvalue weighted by Gasteiger charge is -2.33. The van der Waals surface area contributed by atoms with Crippen molar-refractivity contribution in [3.05, 3.63) is 11.9 Å². The van der Waals surface area contributed by atoms with Gasteiger partial charge in [-0.1, -0.05) is 12.8 Å². The zero-order valence-electron chi connectivity index (χ0n) is 10.4. The zero-order valence-corrected chi connectivity index (χ0v) is 10.4. The normalized spacial score (nSPS) is 28.2. The Labute approximate surface area is 102 Å². The fourth-order valence-corrected chi connectivity index (χ4v) is 3.41. The SMILES string of the molecule is Cc1c(N)ncnc1N1CCC2CCCCC21. The number of aromatic nitrogens is 2. The van der Waals surface area contributed by atoms with Crippen LogP contribution in [0.2, 0.25) is 0 Å². The van der Waals surface area contributed by atoms with Gasteiger partial charge in [-0.25, -0.2) is 9.97 Å². The minimum absolute atomic E-state index is 0.620. The number of hydrogen-bond acceptors (Lipinski definition) is 4. The topological polar surface area (TPSA) is 55.0 Å². The van der Waals surface area contributed by atoms with Gasteiger partial charge in [-0.05, 0) is 32.1 Å². The molecule has 2 heterocycles. The third-order valence-corrected chi connectivity index (χ3v) is 4.38. The maximum absolute atomic E-state index is 5.88. The van der Waals surface area contributed by atoms with Gasteiger partial charge in [-0.2, -0.15) is 0 Å². The van der Waals surface area contributed by atoms with Gasteiger partial charge < -0.3 is 10.6 Å². The molecule has 0 radical (unpaired) electrons. The van der Waals surface area contributed by atoms with Crippen molar-refractivity contribution in [2.24, 2.45) is 5.92 Å². The van der Waals surface area contributed by atoms with Crippen molar-refractivity contribution in [2.75, 3.05) is 17.2 Å². The smallest absolute Gasteiger partial charge is 0.137 e. The van der Waals surface area contributed by atoms with Gasteiger partial charge in [0.1, 0.15) is 18.0 Å². The molecule has 2 N–H and O–H groups in total. The highest BCUT2D eigenvalue weighted by Gasteiger charge is 2.36. The summed E-state index contributed by atoms with van der Waals surface area (Å²) < 4.78 is 0. The van der Waals surface area contributed by atoms with E-state index in [1.54, 1.807) is 6.33 Å². The number of hydrogen-bond donors (Lipinski definition) is 1. The highest BCUT2D eigenvalue weighted by molar-refractivity contribution is 5.56. The number of fused-ring (bicyclic) bond motifs is 1. The Balaban J connectivity index is 1.91. The number of nitrogens with two attached hydrogens (primary N) is 1. The van der Waals surface area contributed by atoms with E-state index in [0.717, 1.165) is 23.8 Å². The molecule has 0 spiro atoms. The fraction of sp³-hybridized carbons (Fsp3) is 0.692. The van der Waals surface area contributed by atoms with Crippen LogP contribution in [-0.4, -0.2) is 22.6 Å². The molecule has 1 aliphatic carbocycles. The van der Waals surface area contributed by atoms with E-state index in [1.807, 2.05) is 6.92 Å². The lowest BCUT2D eigenvalue weighted by molar-refractivity contribution is 0.341. The maximum Gasteiger partial charge on any atom is 0.137 e. The van der Waals surface area contributed by atoms with Gasteiger partial charge in [0.2, 0.25) is 0 Å². The van der Waals surface area contributed by atoms with Gasteiger partial charge in [0.15, 0.2) is 0 Å². The van der Waals surface area contributed by atoms with E-state index in [9.17, 15) is 0 Å². The number of nitrogen functional groups attached to an aromatic ring is 1. The fourth-order valence-electron chi connectivity index (χ4n) is 3.41. The van der Waals surface area contributed by atoms with Gasteiger partial charge in [-0.15, -0.1) is 0 Å². The van der Waals surface area contributed by atoms with E-state index >= 15 is 0 Å². The second-order valence-electron chi connectivity index (χ2n) is 5.30. The molecule has 17 heavy (non-hydrogen) atoms. The molecule has 1 aromatic rings. The predicted molar refractivity (Wildman–Crippen MR) is 68.9 cm³/mol. The molecule has 0 aromatic carbocycles. The minimum atomic E-state index is 0.620. The van der Waals surface area contributed by atoms with E-state index in [0.29, 0.717) is 11.9 Å². The molecule has 1 saturated carbocycles. The minimum Gasteiger partial charge on any atom is -0.383 e. The Morgan fingerprint density at radius 2 is 2.06 bits per heavy atom. The molecule has 2 unspecified atom stereocenters. The summed E-state index contributed by atoms with van der Waals surface area (Å²) in [4.78, 5) is 11.0. The van der Waals surface area contributed by atoms with Crippen molar-refractivity contribution in [3.63, 3.8) is 0 Å². The molecule has 2 aliphatic rings. The first-order valence-electron chi connectivity index (χ1n) is 6.61. The van der Waals surface area contributed by atoms with Crippen LogP contribution in [-0.2, 0) is 0 Å². The summed E-state index contributed by atoms with van der Waals surface area (Å²) in [5.74, 6) is 2.56. The number of nitrogens with zero attached hydrogens (tertiary/aromatic N) is 3. The highest BCUT2D eigenvalue weighted by Crippen LogP contribution is 2.39. The van der Waals surface area contributed by atoms with Crippen LogP contribution in [0.3, 0.4) is 0 Å². The van der Waals surface area contributed by atoms with Gasteiger partial charge in [-0.3, -0.25) is 0 Å². The molecular formula is C13H20N4. The molecule has 4 nitrogen and oxygen atoms in total. The summed E-state index contributed by atoms with van der Waals surface area (Å²) in [7, 11) is 0. The van der Waals surface area contributed by atoms with Crippen molar-refractivity contribution in [1.82, 2.24) is 9.97 Å². The number of rotatable bonds is 1. The van der Waals surface area contributed by atoms with E-state index < -0.39 is 0 Å². The summed E-state index contributed by atoms with van der Waals surface area (Å²) in [6.45, 7) is 3.16. The van der Waals surface area contributed by atoms with Crippen LogP contribution in [0.5, 0.6) is 0 Å². The molecule has 2 fully saturated rings. The summed E-state index contributed by atoms with van der Waals surface area (Å²) in [6.07, 6.45) is 8.37. The molecular weight excluding hydrogens is 212 g/mol. The van der Waals surface area contributed by atoms with Gasteiger partial charge >= 0.3 is 0 Å². The van der Waals surface area contributed by atoms with Crippen molar-refractivity contribution in [3.8, 4) is 0 Å². The summed E-state index contributed by atoms with van der Waals surface area (Å²) in [5, 5.41) is 0. The largest absolute Gasteiger partial charge is 0.383 e. The highest BCUT2D eigenvalue weighted by atomic mass is 15.2. The predicted octanol–water partition coefficient (Wildman–Crippen LogP) is 2.14. The molecule has 1 aliphatic heterocycles. The Kier molecular flexibility index (Phi) is 2.65. The summed E-state index contributed by atoms with van der Waals surface area (Å²) in [6, 6.07) is 0.691. The standard InChI is InChI=1S/C13H20N4/c1-9-12(14)15-8-16-13(9)17-7-6-10-4-2-3-5-11(10)17/h8,10-11H,2-7H2,1H3,(H2,14,15,16). The molecule has 0 amide bonds. The second kappa shape index (κ2) is 4.17. The molecule has 3 rings (SSSR count). The maximum atomic E-state index is 5.88. The van der Waals surface area contributed by atoms with Gasteiger partial charge in [0.05, 0.1) is 0 Å². The third-order valence-electron chi connectivity index (χ3n) is 4.38. The van der Waals surface area contributed by atoms with E-state index in [4.69, 9.17) is 5.73 Å². The van der Waals surface area contributed by atoms with E-state index in [-0.39, 0.29) is 0 Å². The second-order valence-corrected chi connectivity index (χ2v) is 5.30. The van der Waals surface area contributed by atoms with Crippen molar-refractivity contribution < 1.29 is 0 Å². The Morgan fingerprint density at radius 1 is 1.24 bits per heavy atom. The van der Waals surface area contributed by atoms with Crippen LogP contribution in [0, 0.1) is 12.8 Å². The van der Waals surface area contributed by atoms with Crippen molar-refractivity contribution in [1.29, 1.82) is 0 Å². The van der Waals surface area contributed by atoms with Gasteiger partial charge in [0.25, 0.3) is 0 Å². The van der Waals surface area contributed by atoms with Crippen LogP contribution >= 0.6 is 0 Å². The first kappa shape index (κ1) is 10.8. The average molecular weight is 232 g/mol. The quantitative estimate of drug-likeness (QED) is 0.806. The Bertz CT molecular complexity index is 418. The molecule has 2 atom stereocenters. The van der Waals surface area contributed by atoms with Crippen molar-refractivity contribution in [2.45, 2.75) is 45.1 Å². The Hall–Kier alpha value is -1.32. The van der Waals surface area contributed by atoms with Crippen LogP contribution in [0.1, 0.15) is 37.7 Å². The zero-order chi connectivity index (χ0) is 11.8. The first-order valence-corrected chi connectivity index (χ1v) is 6.61. The monoisotopic (exact) mass is 232 g/mol. The molecule has 4 heteroatoms. The third kappa shape index (κ3) is 1.75. The molecule has 1 saturated heterocycles. The van der Waals surface area contributed by atoms with Crippen LogP contribution in [0.25, 0.3) is 0 Å². The van der Waals surface area contributed by atoms with Crippen molar-refractivity contribution >= 4 is 11.6 Å². The molecule has 92 valence electrons. The van der Waals surface area contributed by atoms with Crippen LogP contribution < -0.4 is 10.6 Å². The van der Waals surface area contributed by atoms with E-state index in [1.165, 1.54) is 32.1 Å². The summed E-state index contributed by atoms with van der Waals surface area (Å²) in [5.41, 5.74) is 6.92. The molecule has 0 bridgehead atoms. The molecule has 1 aromatic heterocycles. The number of anilines is 2. The average Bonchev–Trinajstić information content (AvgIpc) is 2.77. The lowest BCUT2D eigenvalue weighted by Crippen LogP contribution is -2.35. The summed E-state index contributed by atoms with van der Waals surface area (Å²) >= 11 is 0. The van der Waals surface area contributed by atoms with E-state index in [2.05, 4.69) is 14.9 Å². The van der Waals surface area contributed by atoms with Gasteiger partial charge in [0, 0.05) is 18.2 Å². The lowest BCUT2D eigenvalue weighted by atomic mass is 9.85. The first-order chi connectivity index (χ1) is 8.27.